The van der Waals surface area contributed by atoms with Gasteiger partial charge in [-0.2, -0.15) is 5.26 Å². The first-order valence-corrected chi connectivity index (χ1v) is 10.2. The average molecular weight is 413 g/mol. The maximum absolute atomic E-state index is 13.5. The number of anilines is 1. The number of rotatable bonds is 3. The van der Waals surface area contributed by atoms with E-state index in [0.29, 0.717) is 11.3 Å². The van der Waals surface area contributed by atoms with Gasteiger partial charge >= 0.3 is 5.97 Å². The largest absolute Gasteiger partial charge is 0.462 e. The Kier molecular flexibility index (Phi) is 4.36. The van der Waals surface area contributed by atoms with Crippen LogP contribution < -0.4 is 4.90 Å². The van der Waals surface area contributed by atoms with Gasteiger partial charge < -0.3 is 9.64 Å². The Bertz CT molecular complexity index is 1160. The lowest BCUT2D eigenvalue weighted by Crippen LogP contribution is -2.40. The molecule has 2 aromatic carbocycles. The fraction of sp³-hybridized carbons (Fsp3) is 0.250. The molecule has 2 aromatic rings. The van der Waals surface area contributed by atoms with Crippen LogP contribution in [0.1, 0.15) is 34.5 Å². The van der Waals surface area contributed by atoms with Crippen molar-refractivity contribution in [3.8, 4) is 6.07 Å². The van der Waals surface area contributed by atoms with Crippen LogP contribution in [0.2, 0.25) is 0 Å². The summed E-state index contributed by atoms with van der Waals surface area (Å²) in [5, 5.41) is 9.85. The molecule has 3 aliphatic heterocycles. The summed E-state index contributed by atoms with van der Waals surface area (Å²) >= 11 is 0. The molecule has 4 unspecified atom stereocenters. The minimum absolute atomic E-state index is 0.260. The number of nitrogens with zero attached hydrogens (tertiary/aromatic N) is 3. The zero-order valence-electron chi connectivity index (χ0n) is 16.8. The predicted molar refractivity (Wildman–Crippen MR) is 111 cm³/mol. The topological polar surface area (TPSA) is 90.7 Å². The molecule has 5 rings (SSSR count). The number of hydrogen-bond donors (Lipinski definition) is 0. The normalized spacial score (nSPS) is 25.7. The molecule has 31 heavy (non-hydrogen) atoms. The lowest BCUT2D eigenvalue weighted by molar-refractivity contribution is -0.123. The number of carbonyl (C=O) groups excluding carboxylic acids is 3. The van der Waals surface area contributed by atoms with Gasteiger partial charge in [-0.1, -0.05) is 24.3 Å². The van der Waals surface area contributed by atoms with Gasteiger partial charge in [-0.05, 0) is 48.4 Å². The lowest BCUT2D eigenvalue weighted by Gasteiger charge is -2.33. The van der Waals surface area contributed by atoms with E-state index in [-0.39, 0.29) is 24.5 Å². The molecule has 0 saturated carbocycles. The van der Waals surface area contributed by atoms with E-state index in [1.165, 1.54) is 12.1 Å². The van der Waals surface area contributed by atoms with Crippen molar-refractivity contribution in [1.82, 2.24) is 4.90 Å². The minimum atomic E-state index is -0.747. The molecule has 3 heterocycles. The van der Waals surface area contributed by atoms with Crippen LogP contribution in [-0.2, 0) is 14.3 Å². The summed E-state index contributed by atoms with van der Waals surface area (Å²) in [6.45, 7) is 1.98. The van der Waals surface area contributed by atoms with Crippen LogP contribution in [0.5, 0.6) is 0 Å². The molecule has 2 saturated heterocycles. The van der Waals surface area contributed by atoms with Crippen LogP contribution in [-0.4, -0.2) is 35.3 Å². The molecular weight excluding hydrogens is 394 g/mol. The van der Waals surface area contributed by atoms with Crippen LogP contribution in [0, 0.1) is 23.2 Å². The summed E-state index contributed by atoms with van der Waals surface area (Å²) in [6.07, 6.45) is 3.73. The van der Waals surface area contributed by atoms with Crippen LogP contribution in [0.15, 0.2) is 54.7 Å². The highest BCUT2D eigenvalue weighted by atomic mass is 16.5. The molecule has 154 valence electrons. The van der Waals surface area contributed by atoms with Crippen molar-refractivity contribution in [2.45, 2.75) is 19.0 Å². The zero-order chi connectivity index (χ0) is 21.7. The molecule has 4 atom stereocenters. The Morgan fingerprint density at radius 3 is 2.48 bits per heavy atom. The molecule has 0 N–H and O–H groups in total. The van der Waals surface area contributed by atoms with E-state index in [1.807, 2.05) is 41.4 Å². The number of ether oxygens (including phenoxy) is 1. The number of fused-ring (bicyclic) bond motifs is 5. The van der Waals surface area contributed by atoms with Crippen LogP contribution in [0.3, 0.4) is 0 Å². The fourth-order valence-corrected chi connectivity index (χ4v) is 4.92. The Morgan fingerprint density at radius 2 is 1.77 bits per heavy atom. The van der Waals surface area contributed by atoms with E-state index < -0.39 is 23.8 Å². The van der Waals surface area contributed by atoms with E-state index >= 15 is 0 Å². The number of carbonyl (C=O) groups is 3. The lowest BCUT2D eigenvalue weighted by atomic mass is 9.85. The number of imide groups is 1. The first-order valence-electron chi connectivity index (χ1n) is 10.2. The predicted octanol–water partition coefficient (Wildman–Crippen LogP) is 2.90. The Morgan fingerprint density at radius 1 is 1.06 bits per heavy atom. The summed E-state index contributed by atoms with van der Waals surface area (Å²) in [4.78, 5) is 41.8. The smallest absolute Gasteiger partial charge is 0.338 e. The van der Waals surface area contributed by atoms with Crippen molar-refractivity contribution >= 4 is 29.5 Å². The van der Waals surface area contributed by atoms with Crippen molar-refractivity contribution in [2.75, 3.05) is 11.5 Å². The monoisotopic (exact) mass is 413 g/mol. The van der Waals surface area contributed by atoms with Gasteiger partial charge in [0.1, 0.15) is 6.04 Å². The van der Waals surface area contributed by atoms with Gasteiger partial charge in [0.2, 0.25) is 11.8 Å². The molecule has 0 spiro atoms. The standard InChI is InChI=1S/C24H19N3O4/c1-2-31-24(30)15-7-9-16(10-8-15)27-22(28)19-18(13-25)26-12-11-14-5-3-4-6-17(14)21(26)20(19)23(27)29/h3-12,18-21H,2H2,1H3. The Labute approximate surface area is 179 Å². The maximum atomic E-state index is 13.5. The van der Waals surface area contributed by atoms with Gasteiger partial charge in [-0.3, -0.25) is 9.59 Å². The highest BCUT2D eigenvalue weighted by Crippen LogP contribution is 2.52. The van der Waals surface area contributed by atoms with E-state index in [9.17, 15) is 19.6 Å². The third kappa shape index (κ3) is 2.68. The maximum Gasteiger partial charge on any atom is 0.338 e. The van der Waals surface area contributed by atoms with E-state index in [2.05, 4.69) is 6.07 Å². The summed E-state index contributed by atoms with van der Waals surface area (Å²) in [5.41, 5.74) is 2.66. The summed E-state index contributed by atoms with van der Waals surface area (Å²) in [7, 11) is 0. The van der Waals surface area contributed by atoms with E-state index in [4.69, 9.17) is 4.74 Å². The molecular formula is C24H19N3O4. The molecule has 0 aromatic heterocycles. The van der Waals surface area contributed by atoms with Gasteiger partial charge in [0.05, 0.1) is 41.8 Å². The zero-order valence-corrected chi connectivity index (χ0v) is 16.8. The van der Waals surface area contributed by atoms with E-state index in [0.717, 1.165) is 16.0 Å². The Hall–Kier alpha value is -3.92. The van der Waals surface area contributed by atoms with Crippen LogP contribution in [0.25, 0.3) is 6.08 Å². The number of benzene rings is 2. The molecule has 2 amide bonds. The third-order valence-electron chi connectivity index (χ3n) is 6.23. The number of nitriles is 1. The summed E-state index contributed by atoms with van der Waals surface area (Å²) in [6, 6.07) is 15.1. The fourth-order valence-electron chi connectivity index (χ4n) is 4.92. The molecule has 0 bridgehead atoms. The molecule has 0 radical (unpaired) electrons. The highest BCUT2D eigenvalue weighted by molar-refractivity contribution is 6.23. The Balaban J connectivity index is 1.52. The van der Waals surface area contributed by atoms with Gasteiger partial charge in [-0.15, -0.1) is 0 Å². The second kappa shape index (κ2) is 7.10. The molecule has 0 aliphatic carbocycles. The molecule has 7 heteroatoms. The van der Waals surface area contributed by atoms with Crippen LogP contribution in [0.4, 0.5) is 5.69 Å². The molecule has 2 fully saturated rings. The number of amides is 2. The van der Waals surface area contributed by atoms with Gasteiger partial charge in [0.25, 0.3) is 0 Å². The molecule has 3 aliphatic rings. The minimum Gasteiger partial charge on any atom is -0.462 e. The third-order valence-corrected chi connectivity index (χ3v) is 6.23. The average Bonchev–Trinajstić information content (AvgIpc) is 3.26. The SMILES string of the molecule is CCOC(=O)c1ccc(N2C(=O)C3C(C2=O)C2c4ccccc4C=CN2C3C#N)cc1. The first-order chi connectivity index (χ1) is 15.1. The van der Waals surface area contributed by atoms with Crippen molar-refractivity contribution in [1.29, 1.82) is 5.26 Å². The highest BCUT2D eigenvalue weighted by Gasteiger charge is 2.63. The van der Waals surface area contributed by atoms with Gasteiger partial charge in [0.15, 0.2) is 0 Å². The number of hydrogen-bond acceptors (Lipinski definition) is 6. The van der Waals surface area contributed by atoms with Gasteiger partial charge in [0, 0.05) is 6.20 Å². The van der Waals surface area contributed by atoms with Crippen molar-refractivity contribution in [3.63, 3.8) is 0 Å². The van der Waals surface area contributed by atoms with Gasteiger partial charge in [-0.25, -0.2) is 9.69 Å². The van der Waals surface area contributed by atoms with Crippen molar-refractivity contribution in [3.05, 3.63) is 71.4 Å². The number of esters is 1. The summed E-state index contributed by atoms with van der Waals surface area (Å²) in [5.74, 6) is -2.56. The summed E-state index contributed by atoms with van der Waals surface area (Å²) < 4.78 is 4.98. The second-order valence-electron chi connectivity index (χ2n) is 7.74. The molecule has 7 nitrogen and oxygen atoms in total. The van der Waals surface area contributed by atoms with Crippen molar-refractivity contribution in [2.24, 2.45) is 11.8 Å². The van der Waals surface area contributed by atoms with Crippen molar-refractivity contribution < 1.29 is 19.1 Å². The van der Waals surface area contributed by atoms with Crippen LogP contribution >= 0.6 is 0 Å². The van der Waals surface area contributed by atoms with E-state index in [1.54, 1.807) is 19.1 Å². The quantitative estimate of drug-likeness (QED) is 0.568. The second-order valence-corrected chi connectivity index (χ2v) is 7.74. The first kappa shape index (κ1) is 19.1.